The van der Waals surface area contributed by atoms with E-state index in [4.69, 9.17) is 9.47 Å². The van der Waals surface area contributed by atoms with Crippen molar-refractivity contribution >= 4 is 29.4 Å². The van der Waals surface area contributed by atoms with Gasteiger partial charge in [0.25, 0.3) is 5.91 Å². The van der Waals surface area contributed by atoms with E-state index in [2.05, 4.69) is 0 Å². The van der Waals surface area contributed by atoms with Crippen LogP contribution in [0.1, 0.15) is 31.9 Å². The summed E-state index contributed by atoms with van der Waals surface area (Å²) in [6.45, 7) is 5.36. The highest BCUT2D eigenvalue weighted by Gasteiger charge is 2.55. The quantitative estimate of drug-likeness (QED) is 0.490. The molecule has 0 saturated heterocycles. The second-order valence-electron chi connectivity index (χ2n) is 8.46. The van der Waals surface area contributed by atoms with E-state index in [0.717, 1.165) is 21.8 Å². The lowest BCUT2D eigenvalue weighted by atomic mass is 9.91. The third-order valence-electron chi connectivity index (χ3n) is 5.12. The molecule has 5 nitrogen and oxygen atoms in total. The van der Waals surface area contributed by atoms with Gasteiger partial charge in [0, 0.05) is 10.5 Å². The molecule has 164 valence electrons. The van der Waals surface area contributed by atoms with Gasteiger partial charge in [0.1, 0.15) is 11.4 Å². The van der Waals surface area contributed by atoms with E-state index in [1.165, 1.54) is 16.7 Å². The number of para-hydroxylation sites is 1. The Bertz CT molecular complexity index is 1140. The Morgan fingerprint density at radius 3 is 2.16 bits per heavy atom. The molecule has 0 spiro atoms. The zero-order valence-electron chi connectivity index (χ0n) is 18.5. The molecule has 0 unspecified atom stereocenters. The summed E-state index contributed by atoms with van der Waals surface area (Å²) in [5.74, 6) is 0.386. The van der Waals surface area contributed by atoms with Gasteiger partial charge in [-0.3, -0.25) is 4.79 Å². The number of ether oxygens (including phenoxy) is 2. The number of carbonyl (C=O) groups excluding carboxylic acids is 2. The number of carbonyl (C=O) groups is 2. The van der Waals surface area contributed by atoms with Crippen LogP contribution in [0.4, 0.5) is 10.5 Å². The van der Waals surface area contributed by atoms with Gasteiger partial charge in [-0.05, 0) is 56.7 Å². The first-order valence-electron chi connectivity index (χ1n) is 10.3. The number of anilines is 1. The highest BCUT2D eigenvalue weighted by atomic mass is 32.2. The molecule has 3 aromatic rings. The van der Waals surface area contributed by atoms with Crippen molar-refractivity contribution in [3.05, 3.63) is 90.0 Å². The van der Waals surface area contributed by atoms with Crippen molar-refractivity contribution in [1.29, 1.82) is 0 Å². The van der Waals surface area contributed by atoms with Crippen LogP contribution in [0.2, 0.25) is 0 Å². The number of hydrogen-bond acceptors (Lipinski definition) is 5. The van der Waals surface area contributed by atoms with Gasteiger partial charge in [-0.25, -0.2) is 9.69 Å². The number of hydrogen-bond donors (Lipinski definition) is 0. The molecule has 32 heavy (non-hydrogen) atoms. The lowest BCUT2D eigenvalue weighted by Crippen LogP contribution is -2.44. The van der Waals surface area contributed by atoms with Crippen molar-refractivity contribution in [3.8, 4) is 5.75 Å². The first-order chi connectivity index (χ1) is 15.3. The predicted molar refractivity (Wildman–Crippen MR) is 126 cm³/mol. The zero-order chi connectivity index (χ0) is 22.9. The van der Waals surface area contributed by atoms with Gasteiger partial charge < -0.3 is 9.47 Å². The first-order valence-corrected chi connectivity index (χ1v) is 11.1. The van der Waals surface area contributed by atoms with Gasteiger partial charge in [0.15, 0.2) is 4.75 Å². The van der Waals surface area contributed by atoms with Crippen LogP contribution in [0.25, 0.3) is 0 Å². The van der Waals surface area contributed by atoms with Crippen LogP contribution in [-0.2, 0) is 14.3 Å². The largest absolute Gasteiger partial charge is 0.497 e. The Balaban J connectivity index is 1.89. The van der Waals surface area contributed by atoms with Crippen LogP contribution < -0.4 is 9.64 Å². The smallest absolute Gasteiger partial charge is 0.421 e. The first kappa shape index (κ1) is 22.0. The van der Waals surface area contributed by atoms with Gasteiger partial charge in [0.2, 0.25) is 0 Å². The molecule has 1 heterocycles. The molecule has 3 aromatic carbocycles. The summed E-state index contributed by atoms with van der Waals surface area (Å²) in [7, 11) is 1.61. The van der Waals surface area contributed by atoms with Crippen molar-refractivity contribution in [2.24, 2.45) is 0 Å². The number of methoxy groups -OCH3 is 1. The number of imide groups is 1. The molecule has 0 fully saturated rings. The van der Waals surface area contributed by atoms with Crippen molar-refractivity contribution in [2.45, 2.75) is 36.0 Å². The molecule has 6 heteroatoms. The molecule has 0 N–H and O–H groups in total. The number of amides is 2. The summed E-state index contributed by atoms with van der Waals surface area (Å²) in [6.07, 6.45) is -0.678. The fraction of sp³-hybridized carbons (Fsp3) is 0.231. The molecule has 0 radical (unpaired) electrons. The molecular weight excluding hydrogens is 422 g/mol. The van der Waals surface area contributed by atoms with E-state index in [1.807, 2.05) is 72.8 Å². The van der Waals surface area contributed by atoms with Crippen molar-refractivity contribution in [2.75, 3.05) is 12.0 Å². The summed E-state index contributed by atoms with van der Waals surface area (Å²) in [6, 6.07) is 24.5. The minimum absolute atomic E-state index is 0.347. The molecule has 1 atom stereocenters. The summed E-state index contributed by atoms with van der Waals surface area (Å²) >= 11 is 1.41. The van der Waals surface area contributed by atoms with E-state index >= 15 is 0 Å². The average molecular weight is 448 g/mol. The number of rotatable bonds is 4. The maximum Gasteiger partial charge on any atom is 0.421 e. The molecule has 0 saturated carbocycles. The zero-order valence-corrected chi connectivity index (χ0v) is 19.3. The maximum atomic E-state index is 14.1. The van der Waals surface area contributed by atoms with Gasteiger partial charge >= 0.3 is 6.09 Å². The fourth-order valence-electron chi connectivity index (χ4n) is 3.77. The van der Waals surface area contributed by atoms with Gasteiger partial charge in [-0.1, -0.05) is 60.3 Å². The molecule has 1 aliphatic heterocycles. The Labute approximate surface area is 192 Å². The minimum atomic E-state index is -1.14. The molecule has 0 aromatic heterocycles. The Kier molecular flexibility index (Phi) is 5.73. The summed E-state index contributed by atoms with van der Waals surface area (Å²) in [5, 5.41) is 0. The van der Waals surface area contributed by atoms with Crippen LogP contribution in [0.5, 0.6) is 5.75 Å². The maximum absolute atomic E-state index is 14.1. The van der Waals surface area contributed by atoms with E-state index < -0.39 is 16.4 Å². The summed E-state index contributed by atoms with van der Waals surface area (Å²) < 4.78 is 9.74. The average Bonchev–Trinajstić information content (AvgIpc) is 3.02. The van der Waals surface area contributed by atoms with Crippen LogP contribution >= 0.6 is 11.8 Å². The number of benzene rings is 3. The van der Waals surface area contributed by atoms with Crippen LogP contribution in [0.3, 0.4) is 0 Å². The third-order valence-corrected chi connectivity index (χ3v) is 6.56. The van der Waals surface area contributed by atoms with Gasteiger partial charge in [-0.15, -0.1) is 0 Å². The van der Waals surface area contributed by atoms with Gasteiger partial charge in [-0.2, -0.15) is 0 Å². The number of thioether (sulfide) groups is 1. The molecule has 0 bridgehead atoms. The predicted octanol–water partition coefficient (Wildman–Crippen LogP) is 6.01. The van der Waals surface area contributed by atoms with E-state index in [9.17, 15) is 9.59 Å². The Hall–Kier alpha value is -3.25. The van der Waals surface area contributed by atoms with Crippen LogP contribution in [-0.4, -0.2) is 24.7 Å². The van der Waals surface area contributed by atoms with Crippen molar-refractivity contribution in [3.63, 3.8) is 0 Å². The topological polar surface area (TPSA) is 55.8 Å². The second kappa shape index (κ2) is 8.36. The molecule has 2 amide bonds. The molecule has 0 aliphatic carbocycles. The summed E-state index contributed by atoms with van der Waals surface area (Å²) in [4.78, 5) is 29.3. The summed E-state index contributed by atoms with van der Waals surface area (Å²) in [5.41, 5.74) is 1.36. The standard InChI is InChI=1S/C26H25NO4S/c1-25(2,3)31-24(29)27-22-13-9-8-12-21(22)26(23(27)28,18-10-6-5-7-11-18)32-20-16-14-19(30-4)15-17-20/h5-17H,1-4H3/t26-/m0/s1. The monoisotopic (exact) mass is 447 g/mol. The van der Waals surface area contributed by atoms with Crippen LogP contribution in [0.15, 0.2) is 83.8 Å². The highest BCUT2D eigenvalue weighted by molar-refractivity contribution is 8.01. The highest BCUT2D eigenvalue weighted by Crippen LogP contribution is 2.55. The van der Waals surface area contributed by atoms with E-state index in [-0.39, 0.29) is 5.91 Å². The minimum Gasteiger partial charge on any atom is -0.497 e. The lowest BCUT2D eigenvalue weighted by molar-refractivity contribution is -0.119. The Morgan fingerprint density at radius 1 is 0.906 bits per heavy atom. The van der Waals surface area contributed by atoms with E-state index in [0.29, 0.717) is 5.69 Å². The second-order valence-corrected chi connectivity index (χ2v) is 9.75. The molecule has 4 rings (SSSR count). The molecular formula is C26H25NO4S. The molecule has 1 aliphatic rings. The third kappa shape index (κ3) is 3.86. The Morgan fingerprint density at radius 2 is 1.53 bits per heavy atom. The van der Waals surface area contributed by atoms with E-state index in [1.54, 1.807) is 33.9 Å². The number of nitrogens with zero attached hydrogens (tertiary/aromatic N) is 1. The van der Waals surface area contributed by atoms with Crippen molar-refractivity contribution in [1.82, 2.24) is 0 Å². The number of fused-ring (bicyclic) bond motifs is 1. The SMILES string of the molecule is COc1ccc(S[C@]2(c3ccccc3)C(=O)N(C(=O)OC(C)(C)C)c3ccccc32)cc1. The van der Waals surface area contributed by atoms with Crippen molar-refractivity contribution < 1.29 is 19.1 Å². The lowest BCUT2D eigenvalue weighted by Gasteiger charge is -2.29. The normalized spacial score (nSPS) is 17.8. The van der Waals surface area contributed by atoms with Gasteiger partial charge in [0.05, 0.1) is 12.8 Å². The fourth-order valence-corrected chi connectivity index (χ4v) is 5.11. The van der Waals surface area contributed by atoms with Crippen LogP contribution in [0, 0.1) is 0 Å².